The molecule has 4 N–H and O–H groups in total. The molecule has 0 radical (unpaired) electrons. The van der Waals surface area contributed by atoms with Crippen molar-refractivity contribution in [3.8, 4) is 11.1 Å². The Morgan fingerprint density at radius 2 is 1.68 bits per heavy atom. The van der Waals surface area contributed by atoms with Crippen molar-refractivity contribution in [2.24, 2.45) is 5.73 Å². The number of hydrogen-bond acceptors (Lipinski definition) is 5. The highest BCUT2D eigenvalue weighted by atomic mass is 32.2. The molecule has 1 amide bonds. The van der Waals surface area contributed by atoms with Crippen molar-refractivity contribution < 1.29 is 13.2 Å². The average Bonchev–Trinajstić information content (AvgIpc) is 2.80. The van der Waals surface area contributed by atoms with Crippen LogP contribution in [0.1, 0.15) is 42.5 Å². The lowest BCUT2D eigenvalue weighted by Crippen LogP contribution is -2.43. The number of benzene rings is 2. The van der Waals surface area contributed by atoms with E-state index in [2.05, 4.69) is 14.9 Å². The van der Waals surface area contributed by atoms with Gasteiger partial charge in [0.1, 0.15) is 0 Å². The highest BCUT2D eigenvalue weighted by molar-refractivity contribution is 7.89. The van der Waals surface area contributed by atoms with Gasteiger partial charge in [0.15, 0.2) is 0 Å². The number of hydrogen-bond donors (Lipinski definition) is 3. The second kappa shape index (κ2) is 9.38. The van der Waals surface area contributed by atoms with Gasteiger partial charge in [0.25, 0.3) is 0 Å². The first-order chi connectivity index (χ1) is 14.9. The molecular formula is C23H30N4O3S. The number of nitrogens with zero attached hydrogens (tertiary/aromatic N) is 1. The number of piperazine rings is 1. The summed E-state index contributed by atoms with van der Waals surface area (Å²) in [5.41, 5.74) is 8.55. The van der Waals surface area contributed by atoms with Gasteiger partial charge < -0.3 is 16.0 Å². The fourth-order valence-electron chi connectivity index (χ4n) is 4.43. The molecule has 2 aromatic rings. The lowest BCUT2D eigenvalue weighted by atomic mass is 9.96. The predicted molar refractivity (Wildman–Crippen MR) is 123 cm³/mol. The van der Waals surface area contributed by atoms with Crippen molar-refractivity contribution in [3.05, 3.63) is 48.0 Å². The Balaban J connectivity index is 1.57. The number of primary amides is 1. The van der Waals surface area contributed by atoms with Crippen LogP contribution in [0.25, 0.3) is 11.1 Å². The van der Waals surface area contributed by atoms with E-state index < -0.39 is 15.9 Å². The van der Waals surface area contributed by atoms with Crippen molar-refractivity contribution >= 4 is 21.6 Å². The first-order valence-corrected chi connectivity index (χ1v) is 12.4. The molecule has 0 spiro atoms. The molecule has 2 fully saturated rings. The summed E-state index contributed by atoms with van der Waals surface area (Å²) in [6.07, 6.45) is 5.07. The molecule has 1 saturated heterocycles. The average molecular weight is 443 g/mol. The quantitative estimate of drug-likeness (QED) is 0.638. The number of nitrogens with one attached hydrogen (secondary N) is 2. The summed E-state index contributed by atoms with van der Waals surface area (Å²) in [6.45, 7) is 3.55. The largest absolute Gasteiger partial charge is 0.369 e. The normalized spacial score (nSPS) is 18.1. The highest BCUT2D eigenvalue weighted by Gasteiger charge is 2.22. The van der Waals surface area contributed by atoms with Crippen LogP contribution in [0, 0.1) is 0 Å². The zero-order chi connectivity index (χ0) is 21.8. The van der Waals surface area contributed by atoms with E-state index >= 15 is 0 Å². The number of carbonyl (C=O) groups is 1. The maximum Gasteiger partial charge on any atom is 0.249 e. The third-order valence-electron chi connectivity index (χ3n) is 6.15. The molecule has 7 nitrogen and oxygen atoms in total. The van der Waals surface area contributed by atoms with Crippen LogP contribution in [0.5, 0.6) is 0 Å². The third kappa shape index (κ3) is 5.08. The molecule has 4 rings (SSSR count). The topological polar surface area (TPSA) is 105 Å². The molecule has 1 saturated carbocycles. The summed E-state index contributed by atoms with van der Waals surface area (Å²) in [6, 6.07) is 12.4. The van der Waals surface area contributed by atoms with Gasteiger partial charge in [-0.1, -0.05) is 37.5 Å². The minimum Gasteiger partial charge on any atom is -0.369 e. The Kier molecular flexibility index (Phi) is 6.60. The maximum absolute atomic E-state index is 12.7. The summed E-state index contributed by atoms with van der Waals surface area (Å²) >= 11 is 0. The van der Waals surface area contributed by atoms with Crippen LogP contribution in [0.15, 0.2) is 47.4 Å². The van der Waals surface area contributed by atoms with Gasteiger partial charge in [-0.05, 0) is 48.2 Å². The third-order valence-corrected chi connectivity index (χ3v) is 7.69. The molecule has 0 aromatic heterocycles. The maximum atomic E-state index is 12.7. The van der Waals surface area contributed by atoms with Gasteiger partial charge in [-0.3, -0.25) is 4.79 Å². The molecule has 0 atom stereocenters. The summed E-state index contributed by atoms with van der Waals surface area (Å²) < 4.78 is 28.3. The van der Waals surface area contributed by atoms with E-state index in [0.29, 0.717) is 11.1 Å². The number of rotatable bonds is 6. The highest BCUT2D eigenvalue weighted by Crippen LogP contribution is 2.29. The number of anilines is 1. The molecule has 0 bridgehead atoms. The van der Waals surface area contributed by atoms with Crippen LogP contribution in [0.4, 0.5) is 5.69 Å². The molecule has 166 valence electrons. The first kappa shape index (κ1) is 21.8. The smallest absolute Gasteiger partial charge is 0.249 e. The minimum atomic E-state index is -3.56. The van der Waals surface area contributed by atoms with Gasteiger partial charge in [0.2, 0.25) is 15.9 Å². The van der Waals surface area contributed by atoms with Crippen molar-refractivity contribution in [3.63, 3.8) is 0 Å². The Bertz CT molecular complexity index is 1030. The van der Waals surface area contributed by atoms with Gasteiger partial charge >= 0.3 is 0 Å². The van der Waals surface area contributed by atoms with E-state index in [1.165, 1.54) is 6.42 Å². The molecule has 0 unspecified atom stereocenters. The molecule has 2 aromatic carbocycles. The lowest BCUT2D eigenvalue weighted by Gasteiger charge is -2.30. The Labute approximate surface area is 184 Å². The van der Waals surface area contributed by atoms with Crippen LogP contribution in [-0.2, 0) is 10.0 Å². The van der Waals surface area contributed by atoms with Crippen LogP contribution in [-0.4, -0.2) is 46.5 Å². The van der Waals surface area contributed by atoms with Gasteiger partial charge in [-0.15, -0.1) is 0 Å². The number of sulfonamides is 1. The second-order valence-electron chi connectivity index (χ2n) is 8.31. The molecule has 1 aliphatic heterocycles. The summed E-state index contributed by atoms with van der Waals surface area (Å²) in [5, 5.41) is 3.31. The van der Waals surface area contributed by atoms with E-state index in [9.17, 15) is 13.2 Å². The van der Waals surface area contributed by atoms with Gasteiger partial charge in [-0.25, -0.2) is 13.1 Å². The monoisotopic (exact) mass is 442 g/mol. The van der Waals surface area contributed by atoms with E-state index in [1.807, 2.05) is 18.2 Å². The van der Waals surface area contributed by atoms with E-state index in [-0.39, 0.29) is 10.9 Å². The zero-order valence-electron chi connectivity index (χ0n) is 17.6. The van der Waals surface area contributed by atoms with Gasteiger partial charge in [0.05, 0.1) is 4.90 Å². The van der Waals surface area contributed by atoms with Crippen molar-refractivity contribution in [1.82, 2.24) is 10.0 Å². The molecule has 8 heteroatoms. The van der Waals surface area contributed by atoms with Gasteiger partial charge in [0, 0.05) is 43.5 Å². The number of amides is 1. The Hall–Kier alpha value is -2.42. The fraction of sp³-hybridized carbons (Fsp3) is 0.435. The Morgan fingerprint density at radius 3 is 2.32 bits per heavy atom. The summed E-state index contributed by atoms with van der Waals surface area (Å²) in [4.78, 5) is 14.6. The lowest BCUT2D eigenvalue weighted by molar-refractivity contribution is 0.100. The first-order valence-electron chi connectivity index (χ1n) is 11.0. The molecule has 31 heavy (non-hydrogen) atoms. The summed E-state index contributed by atoms with van der Waals surface area (Å²) in [7, 11) is -3.56. The van der Waals surface area contributed by atoms with Gasteiger partial charge in [-0.2, -0.15) is 0 Å². The standard InChI is InChI=1S/C23H30N4O3S/c24-23(28)22-16-19(27-14-12-25-13-15-27)8-11-21(22)17-6-9-20(10-7-17)31(29,30)26-18-4-2-1-3-5-18/h6-11,16,18,25-26H,1-5,12-15H2,(H2,24,28). The second-order valence-corrected chi connectivity index (χ2v) is 10.0. The molecule has 1 aliphatic carbocycles. The van der Waals surface area contributed by atoms with Crippen molar-refractivity contribution in [2.75, 3.05) is 31.1 Å². The Morgan fingerprint density at radius 1 is 1.00 bits per heavy atom. The molecular weight excluding hydrogens is 412 g/mol. The predicted octanol–water partition coefficient (Wildman–Crippen LogP) is 2.47. The van der Waals surface area contributed by atoms with Crippen LogP contribution >= 0.6 is 0 Å². The van der Waals surface area contributed by atoms with E-state index in [0.717, 1.165) is 63.1 Å². The zero-order valence-corrected chi connectivity index (χ0v) is 18.5. The molecule has 2 aliphatic rings. The number of carbonyl (C=O) groups excluding carboxylic acids is 1. The van der Waals surface area contributed by atoms with E-state index in [4.69, 9.17) is 5.73 Å². The number of nitrogens with two attached hydrogens (primary N) is 1. The minimum absolute atomic E-state index is 0.0115. The van der Waals surface area contributed by atoms with Crippen molar-refractivity contribution in [2.45, 2.75) is 43.0 Å². The SMILES string of the molecule is NC(=O)c1cc(N2CCNCC2)ccc1-c1ccc(S(=O)(=O)NC2CCCCC2)cc1. The van der Waals surface area contributed by atoms with Crippen LogP contribution in [0.3, 0.4) is 0 Å². The van der Waals surface area contributed by atoms with E-state index in [1.54, 1.807) is 24.3 Å². The fourth-order valence-corrected chi connectivity index (χ4v) is 5.73. The van der Waals surface area contributed by atoms with Crippen LogP contribution < -0.4 is 20.7 Å². The van der Waals surface area contributed by atoms with Crippen molar-refractivity contribution in [1.29, 1.82) is 0 Å². The summed E-state index contributed by atoms with van der Waals surface area (Å²) in [5.74, 6) is -0.498. The molecule has 1 heterocycles. The van der Waals surface area contributed by atoms with Crippen LogP contribution in [0.2, 0.25) is 0 Å².